The van der Waals surface area contributed by atoms with Gasteiger partial charge < -0.3 is 14.3 Å². The number of hydrogen-bond acceptors (Lipinski definition) is 4. The maximum Gasteiger partial charge on any atom is 0.338 e. The number of furan rings is 1. The number of esters is 1. The molecule has 3 unspecified atom stereocenters. The van der Waals surface area contributed by atoms with Gasteiger partial charge in [0.15, 0.2) is 5.60 Å². The largest absolute Gasteiger partial charge is 0.467 e. The molecule has 128 valence electrons. The van der Waals surface area contributed by atoms with Crippen molar-refractivity contribution in [1.82, 2.24) is 0 Å². The fourth-order valence-electron chi connectivity index (χ4n) is 5.35. The van der Waals surface area contributed by atoms with Crippen LogP contribution in [0.25, 0.3) is 11.0 Å². The SMILES string of the molecule is COC(=O)C1(O)CCCC2(C)c3cc4occc4c(C)c3CCC12. The molecule has 1 aromatic carbocycles. The quantitative estimate of drug-likeness (QED) is 0.812. The zero-order chi connectivity index (χ0) is 17.1. The smallest absolute Gasteiger partial charge is 0.338 e. The number of hydrogen-bond donors (Lipinski definition) is 1. The van der Waals surface area contributed by atoms with Crippen LogP contribution in [0, 0.1) is 12.8 Å². The Labute approximate surface area is 141 Å². The van der Waals surface area contributed by atoms with Crippen molar-refractivity contribution in [3.05, 3.63) is 35.1 Å². The average molecular weight is 328 g/mol. The molecule has 1 aromatic heterocycles. The summed E-state index contributed by atoms with van der Waals surface area (Å²) < 4.78 is 10.6. The fraction of sp³-hybridized carbons (Fsp3) is 0.550. The molecule has 24 heavy (non-hydrogen) atoms. The summed E-state index contributed by atoms with van der Waals surface area (Å²) in [6.07, 6.45) is 5.68. The summed E-state index contributed by atoms with van der Waals surface area (Å²) in [6, 6.07) is 4.15. The second-order valence-corrected chi connectivity index (χ2v) is 7.64. The van der Waals surface area contributed by atoms with E-state index >= 15 is 0 Å². The van der Waals surface area contributed by atoms with Crippen LogP contribution in [0.1, 0.15) is 49.3 Å². The van der Waals surface area contributed by atoms with Crippen molar-refractivity contribution in [1.29, 1.82) is 0 Å². The molecule has 0 bridgehead atoms. The molecule has 4 rings (SSSR count). The Kier molecular flexibility index (Phi) is 3.33. The van der Waals surface area contributed by atoms with E-state index in [4.69, 9.17) is 9.15 Å². The Bertz CT molecular complexity index is 820. The van der Waals surface area contributed by atoms with Gasteiger partial charge in [-0.25, -0.2) is 4.79 Å². The van der Waals surface area contributed by atoms with Gasteiger partial charge in [-0.15, -0.1) is 0 Å². The van der Waals surface area contributed by atoms with E-state index in [1.807, 2.05) is 6.07 Å². The van der Waals surface area contributed by atoms with E-state index in [0.717, 1.165) is 36.7 Å². The van der Waals surface area contributed by atoms with Gasteiger partial charge in [-0.05, 0) is 73.3 Å². The van der Waals surface area contributed by atoms with Gasteiger partial charge in [-0.3, -0.25) is 0 Å². The van der Waals surface area contributed by atoms with Gasteiger partial charge in [0, 0.05) is 11.3 Å². The van der Waals surface area contributed by atoms with Crippen LogP contribution in [0.15, 0.2) is 22.8 Å². The molecule has 0 amide bonds. The van der Waals surface area contributed by atoms with Gasteiger partial charge in [-0.2, -0.15) is 0 Å². The Morgan fingerprint density at radius 2 is 2.21 bits per heavy atom. The predicted octanol–water partition coefficient (Wildman–Crippen LogP) is 3.65. The number of benzene rings is 1. The second kappa shape index (κ2) is 5.09. The first-order valence-electron chi connectivity index (χ1n) is 8.73. The Balaban J connectivity index is 1.91. The molecule has 2 aliphatic rings. The molecule has 3 atom stereocenters. The molecule has 2 aromatic rings. The van der Waals surface area contributed by atoms with Crippen molar-refractivity contribution < 1.29 is 19.1 Å². The van der Waals surface area contributed by atoms with Gasteiger partial charge in [0.1, 0.15) is 5.58 Å². The summed E-state index contributed by atoms with van der Waals surface area (Å²) in [6.45, 7) is 4.34. The highest BCUT2D eigenvalue weighted by Gasteiger charge is 2.57. The first-order chi connectivity index (χ1) is 11.4. The third kappa shape index (κ3) is 1.86. The highest BCUT2D eigenvalue weighted by molar-refractivity contribution is 5.84. The summed E-state index contributed by atoms with van der Waals surface area (Å²) in [5, 5.41) is 12.3. The van der Waals surface area contributed by atoms with Gasteiger partial charge in [0.2, 0.25) is 0 Å². The number of aryl methyl sites for hydroxylation is 1. The van der Waals surface area contributed by atoms with Crippen LogP contribution in [-0.2, 0) is 21.4 Å². The van der Waals surface area contributed by atoms with Gasteiger partial charge in [0.25, 0.3) is 0 Å². The molecule has 4 heteroatoms. The molecule has 2 aliphatic carbocycles. The lowest BCUT2D eigenvalue weighted by Crippen LogP contribution is -2.58. The lowest BCUT2D eigenvalue weighted by atomic mass is 9.53. The number of fused-ring (bicyclic) bond motifs is 4. The van der Waals surface area contributed by atoms with Crippen LogP contribution < -0.4 is 0 Å². The van der Waals surface area contributed by atoms with Crippen LogP contribution in [0.5, 0.6) is 0 Å². The van der Waals surface area contributed by atoms with E-state index in [9.17, 15) is 9.90 Å². The van der Waals surface area contributed by atoms with Gasteiger partial charge in [0.05, 0.1) is 13.4 Å². The number of ether oxygens (including phenoxy) is 1. The summed E-state index contributed by atoms with van der Waals surface area (Å²) >= 11 is 0. The molecule has 0 spiro atoms. The maximum absolute atomic E-state index is 12.3. The monoisotopic (exact) mass is 328 g/mol. The predicted molar refractivity (Wildman–Crippen MR) is 90.9 cm³/mol. The zero-order valence-electron chi connectivity index (χ0n) is 14.5. The number of carbonyl (C=O) groups is 1. The van der Waals surface area contributed by atoms with Crippen LogP contribution in [0.4, 0.5) is 0 Å². The molecular weight excluding hydrogens is 304 g/mol. The summed E-state index contributed by atoms with van der Waals surface area (Å²) in [5.41, 5.74) is 3.13. The lowest BCUT2D eigenvalue weighted by molar-refractivity contribution is -0.179. The Morgan fingerprint density at radius 3 is 2.96 bits per heavy atom. The summed E-state index contributed by atoms with van der Waals surface area (Å²) in [7, 11) is 1.36. The average Bonchev–Trinajstić information content (AvgIpc) is 3.03. The van der Waals surface area contributed by atoms with E-state index in [1.54, 1.807) is 6.26 Å². The van der Waals surface area contributed by atoms with Crippen molar-refractivity contribution in [2.75, 3.05) is 7.11 Å². The molecule has 0 radical (unpaired) electrons. The van der Waals surface area contributed by atoms with Gasteiger partial charge in [-0.1, -0.05) is 6.92 Å². The van der Waals surface area contributed by atoms with E-state index in [-0.39, 0.29) is 11.3 Å². The summed E-state index contributed by atoms with van der Waals surface area (Å²) in [5.74, 6) is -0.608. The lowest BCUT2D eigenvalue weighted by Gasteiger charge is -2.53. The molecule has 1 fully saturated rings. The van der Waals surface area contributed by atoms with E-state index in [1.165, 1.54) is 23.8 Å². The molecule has 0 saturated heterocycles. The molecule has 1 heterocycles. The second-order valence-electron chi connectivity index (χ2n) is 7.64. The van der Waals surface area contributed by atoms with Crippen molar-refractivity contribution in [2.45, 2.75) is 57.0 Å². The minimum atomic E-state index is -1.38. The third-order valence-corrected chi connectivity index (χ3v) is 6.59. The van der Waals surface area contributed by atoms with E-state index < -0.39 is 11.6 Å². The van der Waals surface area contributed by atoms with E-state index in [0.29, 0.717) is 6.42 Å². The first kappa shape index (κ1) is 15.7. The molecule has 1 saturated carbocycles. The normalized spacial score (nSPS) is 32.2. The summed E-state index contributed by atoms with van der Waals surface area (Å²) in [4.78, 5) is 12.3. The zero-order valence-corrected chi connectivity index (χ0v) is 14.5. The standard InChI is InChI=1S/C20H24O4/c1-12-13-5-6-17-19(2,8-4-9-20(17,22)18(21)23-3)15(13)11-16-14(12)7-10-24-16/h7,10-11,17,22H,4-6,8-9H2,1-3H3. The molecule has 0 aliphatic heterocycles. The number of rotatable bonds is 1. The number of aliphatic hydroxyl groups is 1. The first-order valence-corrected chi connectivity index (χ1v) is 8.73. The van der Waals surface area contributed by atoms with Crippen molar-refractivity contribution in [3.8, 4) is 0 Å². The highest BCUT2D eigenvalue weighted by atomic mass is 16.5. The van der Waals surface area contributed by atoms with Gasteiger partial charge >= 0.3 is 5.97 Å². The van der Waals surface area contributed by atoms with Crippen molar-refractivity contribution in [3.63, 3.8) is 0 Å². The Morgan fingerprint density at radius 1 is 1.42 bits per heavy atom. The fourth-order valence-corrected chi connectivity index (χ4v) is 5.35. The minimum absolute atomic E-state index is 0.120. The van der Waals surface area contributed by atoms with Crippen molar-refractivity contribution >= 4 is 16.9 Å². The highest BCUT2D eigenvalue weighted by Crippen LogP contribution is 2.55. The molecule has 4 nitrogen and oxygen atoms in total. The van der Waals surface area contributed by atoms with Crippen LogP contribution >= 0.6 is 0 Å². The number of carbonyl (C=O) groups excluding carboxylic acids is 1. The van der Waals surface area contributed by atoms with Crippen molar-refractivity contribution in [2.24, 2.45) is 5.92 Å². The van der Waals surface area contributed by atoms with Crippen LogP contribution in [0.3, 0.4) is 0 Å². The third-order valence-electron chi connectivity index (χ3n) is 6.59. The maximum atomic E-state index is 12.3. The van der Waals surface area contributed by atoms with Crippen LogP contribution in [-0.4, -0.2) is 23.8 Å². The topological polar surface area (TPSA) is 59.7 Å². The minimum Gasteiger partial charge on any atom is -0.467 e. The van der Waals surface area contributed by atoms with Crippen LogP contribution in [0.2, 0.25) is 0 Å². The van der Waals surface area contributed by atoms with E-state index in [2.05, 4.69) is 19.9 Å². The molecular formula is C20H24O4. The molecule has 1 N–H and O–H groups in total. The Hall–Kier alpha value is -1.81. The number of methoxy groups -OCH3 is 1.